The molecule has 3 aromatic heterocycles. The number of hydrogen-bond donors (Lipinski definition) is 0. The first kappa shape index (κ1) is 15.7. The van der Waals surface area contributed by atoms with Crippen LogP contribution in [0.1, 0.15) is 54.9 Å². The zero-order valence-corrected chi connectivity index (χ0v) is 14.7. The smallest absolute Gasteiger partial charge is 0.324 e. The van der Waals surface area contributed by atoms with Crippen LogP contribution < -0.4 is 4.90 Å². The lowest BCUT2D eigenvalue weighted by molar-refractivity contribution is 0.174. The maximum Gasteiger partial charge on any atom is 0.324 e. The van der Waals surface area contributed by atoms with Crippen LogP contribution in [0.15, 0.2) is 16.7 Å². The quantitative estimate of drug-likeness (QED) is 0.685. The van der Waals surface area contributed by atoms with Gasteiger partial charge in [0.05, 0.1) is 5.69 Å². The summed E-state index contributed by atoms with van der Waals surface area (Å²) in [5, 5.41) is 17.5. The highest BCUT2D eigenvalue weighted by atomic mass is 16.5. The summed E-state index contributed by atoms with van der Waals surface area (Å²) in [6.07, 6.45) is 4.39. The monoisotopic (exact) mass is 355 g/mol. The molecule has 136 valence electrons. The minimum atomic E-state index is 0.338. The first-order valence-electron chi connectivity index (χ1n) is 9.10. The molecule has 1 saturated heterocycles. The summed E-state index contributed by atoms with van der Waals surface area (Å²) in [6.45, 7) is 2.05. The molecule has 9 nitrogen and oxygen atoms in total. The minimum Gasteiger partial charge on any atom is -0.377 e. The predicted molar refractivity (Wildman–Crippen MR) is 92.0 cm³/mol. The Morgan fingerprint density at radius 1 is 1.12 bits per heavy atom. The van der Waals surface area contributed by atoms with Gasteiger partial charge in [-0.1, -0.05) is 5.16 Å². The van der Waals surface area contributed by atoms with Gasteiger partial charge in [0.25, 0.3) is 0 Å². The SMILES string of the molecule is COCc1noc(N2CCC(c3nnc4ccc(C5CC5)nn34)CC2)n1. The number of methoxy groups -OCH3 is 1. The molecular formula is C17H21N7O2. The van der Waals surface area contributed by atoms with Gasteiger partial charge in [-0.2, -0.15) is 14.6 Å². The second kappa shape index (κ2) is 6.31. The molecule has 9 heteroatoms. The van der Waals surface area contributed by atoms with E-state index in [0.29, 0.717) is 30.3 Å². The van der Waals surface area contributed by atoms with Crippen LogP contribution in [0.5, 0.6) is 0 Å². The molecule has 2 aliphatic rings. The molecular weight excluding hydrogens is 334 g/mol. The van der Waals surface area contributed by atoms with Gasteiger partial charge in [0.1, 0.15) is 6.61 Å². The van der Waals surface area contributed by atoms with Gasteiger partial charge < -0.3 is 14.2 Å². The zero-order valence-electron chi connectivity index (χ0n) is 14.7. The molecule has 1 aliphatic carbocycles. The van der Waals surface area contributed by atoms with Gasteiger partial charge in [0, 0.05) is 32.0 Å². The molecule has 1 aliphatic heterocycles. The Kier molecular flexibility index (Phi) is 3.81. The van der Waals surface area contributed by atoms with Crippen LogP contribution in [0.25, 0.3) is 5.65 Å². The van der Waals surface area contributed by atoms with Crippen molar-refractivity contribution in [2.24, 2.45) is 0 Å². The molecule has 3 aromatic rings. The van der Waals surface area contributed by atoms with Crippen LogP contribution in [0.3, 0.4) is 0 Å². The fraction of sp³-hybridized carbons (Fsp3) is 0.588. The highest BCUT2D eigenvalue weighted by Crippen LogP contribution is 2.39. The number of aromatic nitrogens is 6. The second-order valence-corrected chi connectivity index (χ2v) is 7.05. The standard InChI is InChI=1S/C17H21N7O2/c1-25-10-14-18-17(26-22-14)23-8-6-12(7-9-23)16-20-19-15-5-4-13(11-2-3-11)21-24(15)16/h4-5,11-12H,2-3,6-10H2,1H3. The Bertz CT molecular complexity index is 909. The van der Waals surface area contributed by atoms with Crippen LogP contribution >= 0.6 is 0 Å². The number of anilines is 1. The van der Waals surface area contributed by atoms with Gasteiger partial charge in [0.15, 0.2) is 17.3 Å². The van der Waals surface area contributed by atoms with E-state index < -0.39 is 0 Å². The molecule has 0 aromatic carbocycles. The third kappa shape index (κ3) is 2.82. The van der Waals surface area contributed by atoms with Gasteiger partial charge in [-0.25, -0.2) is 0 Å². The normalized spacial score (nSPS) is 18.7. The molecule has 1 saturated carbocycles. The highest BCUT2D eigenvalue weighted by Gasteiger charge is 2.29. The van der Waals surface area contributed by atoms with Gasteiger partial charge in [0.2, 0.25) is 0 Å². The summed E-state index contributed by atoms with van der Waals surface area (Å²) < 4.78 is 12.3. The number of hydrogen-bond acceptors (Lipinski definition) is 8. The fourth-order valence-electron chi connectivity index (χ4n) is 3.56. The molecule has 0 unspecified atom stereocenters. The Labute approximate surface area is 150 Å². The molecule has 2 fully saturated rings. The topological polar surface area (TPSA) is 94.5 Å². The Balaban J connectivity index is 1.31. The highest BCUT2D eigenvalue weighted by molar-refractivity contribution is 5.38. The molecule has 0 spiro atoms. The van der Waals surface area contributed by atoms with E-state index in [9.17, 15) is 0 Å². The van der Waals surface area contributed by atoms with Crippen LogP contribution in [0, 0.1) is 0 Å². The lowest BCUT2D eigenvalue weighted by Crippen LogP contribution is -2.33. The molecule has 0 radical (unpaired) electrons. The first-order valence-corrected chi connectivity index (χ1v) is 9.10. The van der Waals surface area contributed by atoms with Gasteiger partial charge in [-0.15, -0.1) is 10.2 Å². The van der Waals surface area contributed by atoms with Crippen molar-refractivity contribution < 1.29 is 9.26 Å². The molecule has 0 N–H and O–H groups in total. The van der Waals surface area contributed by atoms with E-state index >= 15 is 0 Å². The van der Waals surface area contributed by atoms with E-state index in [2.05, 4.69) is 31.3 Å². The molecule has 0 atom stereocenters. The number of ether oxygens (including phenoxy) is 1. The van der Waals surface area contributed by atoms with E-state index in [0.717, 1.165) is 43.1 Å². The second-order valence-electron chi connectivity index (χ2n) is 7.05. The summed E-state index contributed by atoms with van der Waals surface area (Å²) in [7, 11) is 1.62. The van der Waals surface area contributed by atoms with Gasteiger partial charge in [-0.3, -0.25) is 0 Å². The Hall–Kier alpha value is -2.55. The average molecular weight is 355 g/mol. The number of fused-ring (bicyclic) bond motifs is 1. The van der Waals surface area contributed by atoms with Crippen molar-refractivity contribution in [1.29, 1.82) is 0 Å². The lowest BCUT2D eigenvalue weighted by atomic mass is 9.96. The van der Waals surface area contributed by atoms with Crippen molar-refractivity contribution in [2.45, 2.75) is 44.1 Å². The van der Waals surface area contributed by atoms with Crippen molar-refractivity contribution in [3.8, 4) is 0 Å². The summed E-state index contributed by atoms with van der Waals surface area (Å²) in [5.41, 5.74) is 1.99. The van der Waals surface area contributed by atoms with Crippen LogP contribution in [-0.4, -0.2) is 50.2 Å². The number of rotatable bonds is 5. The zero-order chi connectivity index (χ0) is 17.5. The van der Waals surface area contributed by atoms with Gasteiger partial charge in [-0.05, 0) is 37.8 Å². The third-order valence-corrected chi connectivity index (χ3v) is 5.16. The van der Waals surface area contributed by atoms with E-state index in [-0.39, 0.29) is 0 Å². The van der Waals surface area contributed by atoms with Crippen molar-refractivity contribution in [3.05, 3.63) is 29.5 Å². The first-order chi connectivity index (χ1) is 12.8. The largest absolute Gasteiger partial charge is 0.377 e. The maximum absolute atomic E-state index is 5.34. The minimum absolute atomic E-state index is 0.338. The summed E-state index contributed by atoms with van der Waals surface area (Å²) >= 11 is 0. The van der Waals surface area contributed by atoms with Gasteiger partial charge >= 0.3 is 6.01 Å². The van der Waals surface area contributed by atoms with E-state index in [4.69, 9.17) is 14.4 Å². The lowest BCUT2D eigenvalue weighted by Gasteiger charge is -2.29. The Morgan fingerprint density at radius 3 is 2.73 bits per heavy atom. The summed E-state index contributed by atoms with van der Waals surface area (Å²) in [5.74, 6) is 2.50. The number of piperidine rings is 1. The van der Waals surface area contributed by atoms with E-state index in [1.165, 1.54) is 12.8 Å². The molecule has 26 heavy (non-hydrogen) atoms. The van der Waals surface area contributed by atoms with E-state index in [1.807, 2.05) is 10.6 Å². The van der Waals surface area contributed by atoms with Crippen molar-refractivity contribution in [1.82, 2.24) is 30.0 Å². The van der Waals surface area contributed by atoms with Crippen molar-refractivity contribution in [2.75, 3.05) is 25.1 Å². The maximum atomic E-state index is 5.34. The van der Waals surface area contributed by atoms with Crippen molar-refractivity contribution in [3.63, 3.8) is 0 Å². The fourth-order valence-corrected chi connectivity index (χ4v) is 3.56. The van der Waals surface area contributed by atoms with Crippen LogP contribution in [0.4, 0.5) is 6.01 Å². The molecule has 4 heterocycles. The Morgan fingerprint density at radius 2 is 1.96 bits per heavy atom. The molecule has 0 bridgehead atoms. The summed E-state index contributed by atoms with van der Waals surface area (Å²) in [6, 6.07) is 4.68. The summed E-state index contributed by atoms with van der Waals surface area (Å²) in [4.78, 5) is 6.50. The molecule has 0 amide bonds. The van der Waals surface area contributed by atoms with Crippen LogP contribution in [0.2, 0.25) is 0 Å². The average Bonchev–Trinajstić information content (AvgIpc) is 3.28. The number of nitrogens with zero attached hydrogens (tertiary/aromatic N) is 7. The third-order valence-electron chi connectivity index (χ3n) is 5.16. The van der Waals surface area contributed by atoms with Crippen LogP contribution in [-0.2, 0) is 11.3 Å². The van der Waals surface area contributed by atoms with Crippen molar-refractivity contribution >= 4 is 11.7 Å². The van der Waals surface area contributed by atoms with E-state index in [1.54, 1.807) is 7.11 Å². The predicted octanol–water partition coefficient (Wildman–Crippen LogP) is 1.92. The molecule has 5 rings (SSSR count).